The summed E-state index contributed by atoms with van der Waals surface area (Å²) in [5.74, 6) is -0.585. The van der Waals surface area contributed by atoms with Crippen LogP contribution in [0.2, 0.25) is 0 Å². The number of benzene rings is 2. The molecule has 2 aromatic rings. The highest BCUT2D eigenvalue weighted by atomic mass is 79.9. The second-order valence-electron chi connectivity index (χ2n) is 3.73. The molecular formula is C13H9Br2F2N. The van der Waals surface area contributed by atoms with E-state index in [0.717, 1.165) is 11.3 Å². The zero-order chi connectivity index (χ0) is 13.1. The fourth-order valence-electron chi connectivity index (χ4n) is 1.48. The molecule has 0 aliphatic carbocycles. The summed E-state index contributed by atoms with van der Waals surface area (Å²) in [6.45, 7) is 0.531. The largest absolute Gasteiger partial charge is 0.380 e. The SMILES string of the molecule is Fc1ccc(NCc2ccc(F)c(Br)c2)c(Br)c1. The topological polar surface area (TPSA) is 12.0 Å². The van der Waals surface area contributed by atoms with E-state index in [-0.39, 0.29) is 11.6 Å². The van der Waals surface area contributed by atoms with E-state index in [1.807, 2.05) is 0 Å². The fraction of sp³-hybridized carbons (Fsp3) is 0.0769. The lowest BCUT2D eigenvalue weighted by Gasteiger charge is -2.09. The van der Waals surface area contributed by atoms with Crippen LogP contribution < -0.4 is 5.32 Å². The first kappa shape index (κ1) is 13.5. The van der Waals surface area contributed by atoms with Crippen LogP contribution in [0.3, 0.4) is 0 Å². The Balaban J connectivity index is 2.09. The molecule has 0 aromatic heterocycles. The van der Waals surface area contributed by atoms with Gasteiger partial charge in [-0.15, -0.1) is 0 Å². The third-order valence-corrected chi connectivity index (χ3v) is 3.66. The van der Waals surface area contributed by atoms with Gasteiger partial charge in [0.1, 0.15) is 11.6 Å². The molecule has 0 bridgehead atoms. The number of anilines is 1. The van der Waals surface area contributed by atoms with E-state index in [2.05, 4.69) is 37.2 Å². The summed E-state index contributed by atoms with van der Waals surface area (Å²) in [4.78, 5) is 0. The predicted octanol–water partition coefficient (Wildman–Crippen LogP) is 5.10. The molecule has 1 N–H and O–H groups in total. The lowest BCUT2D eigenvalue weighted by molar-refractivity contribution is 0.620. The Kier molecular flexibility index (Phi) is 4.35. The van der Waals surface area contributed by atoms with Crippen LogP contribution in [-0.2, 0) is 6.54 Å². The van der Waals surface area contributed by atoms with Gasteiger partial charge in [0.25, 0.3) is 0 Å². The van der Waals surface area contributed by atoms with Crippen molar-refractivity contribution in [2.45, 2.75) is 6.54 Å². The van der Waals surface area contributed by atoms with Gasteiger partial charge in [-0.25, -0.2) is 8.78 Å². The van der Waals surface area contributed by atoms with Crippen LogP contribution in [0.4, 0.5) is 14.5 Å². The molecule has 5 heteroatoms. The van der Waals surface area contributed by atoms with E-state index >= 15 is 0 Å². The van der Waals surface area contributed by atoms with Gasteiger partial charge in [-0.1, -0.05) is 6.07 Å². The normalized spacial score (nSPS) is 10.4. The average molecular weight is 377 g/mol. The highest BCUT2D eigenvalue weighted by Gasteiger charge is 2.03. The Morgan fingerprint density at radius 2 is 1.72 bits per heavy atom. The molecule has 0 amide bonds. The molecule has 0 saturated heterocycles. The number of halogens is 4. The molecule has 0 saturated carbocycles. The van der Waals surface area contributed by atoms with Crippen LogP contribution in [0.25, 0.3) is 0 Å². The number of rotatable bonds is 3. The zero-order valence-corrected chi connectivity index (χ0v) is 12.4. The van der Waals surface area contributed by atoms with Gasteiger partial charge in [-0.05, 0) is 67.8 Å². The van der Waals surface area contributed by atoms with Crippen molar-refractivity contribution in [3.8, 4) is 0 Å². The van der Waals surface area contributed by atoms with E-state index in [0.29, 0.717) is 15.5 Å². The first-order valence-electron chi connectivity index (χ1n) is 5.19. The van der Waals surface area contributed by atoms with E-state index in [1.54, 1.807) is 18.2 Å². The van der Waals surface area contributed by atoms with Gasteiger partial charge in [0, 0.05) is 16.7 Å². The van der Waals surface area contributed by atoms with Gasteiger partial charge in [0.05, 0.1) is 4.47 Å². The van der Waals surface area contributed by atoms with Crippen molar-refractivity contribution in [3.63, 3.8) is 0 Å². The summed E-state index contributed by atoms with van der Waals surface area (Å²) in [6.07, 6.45) is 0. The first-order chi connectivity index (χ1) is 8.56. The molecule has 18 heavy (non-hydrogen) atoms. The summed E-state index contributed by atoms with van der Waals surface area (Å²) < 4.78 is 27.0. The Morgan fingerprint density at radius 3 is 2.39 bits per heavy atom. The highest BCUT2D eigenvalue weighted by Crippen LogP contribution is 2.24. The van der Waals surface area contributed by atoms with Crippen molar-refractivity contribution in [1.82, 2.24) is 0 Å². The van der Waals surface area contributed by atoms with Crippen molar-refractivity contribution in [1.29, 1.82) is 0 Å². The quantitative estimate of drug-likeness (QED) is 0.785. The van der Waals surface area contributed by atoms with Gasteiger partial charge in [-0.2, -0.15) is 0 Å². The van der Waals surface area contributed by atoms with Crippen LogP contribution in [-0.4, -0.2) is 0 Å². The van der Waals surface area contributed by atoms with Gasteiger partial charge in [-0.3, -0.25) is 0 Å². The van der Waals surface area contributed by atoms with Crippen LogP contribution in [0, 0.1) is 11.6 Å². The van der Waals surface area contributed by atoms with Crippen LogP contribution in [0.5, 0.6) is 0 Å². The van der Waals surface area contributed by atoms with Crippen molar-refractivity contribution >= 4 is 37.5 Å². The monoisotopic (exact) mass is 375 g/mol. The molecule has 2 rings (SSSR count). The Morgan fingerprint density at radius 1 is 0.944 bits per heavy atom. The maximum atomic E-state index is 13.1. The van der Waals surface area contributed by atoms with Crippen molar-refractivity contribution < 1.29 is 8.78 Å². The minimum absolute atomic E-state index is 0.290. The summed E-state index contributed by atoms with van der Waals surface area (Å²) in [6, 6.07) is 9.24. The van der Waals surface area contributed by atoms with E-state index < -0.39 is 0 Å². The van der Waals surface area contributed by atoms with Crippen molar-refractivity contribution in [2.75, 3.05) is 5.32 Å². The maximum Gasteiger partial charge on any atom is 0.137 e. The van der Waals surface area contributed by atoms with Gasteiger partial charge in [0.15, 0.2) is 0 Å². The third kappa shape index (κ3) is 3.29. The second kappa shape index (κ2) is 5.80. The lowest BCUT2D eigenvalue weighted by Crippen LogP contribution is -2.00. The third-order valence-electron chi connectivity index (χ3n) is 2.40. The molecule has 0 fully saturated rings. The van der Waals surface area contributed by atoms with E-state index in [1.165, 1.54) is 18.2 Å². The van der Waals surface area contributed by atoms with Gasteiger partial charge in [0.2, 0.25) is 0 Å². The maximum absolute atomic E-state index is 13.1. The molecule has 0 aliphatic heterocycles. The van der Waals surface area contributed by atoms with Crippen LogP contribution in [0.15, 0.2) is 45.3 Å². The molecule has 0 atom stereocenters. The Labute approximate surface area is 120 Å². The lowest BCUT2D eigenvalue weighted by atomic mass is 10.2. The molecule has 0 aliphatic rings. The van der Waals surface area contributed by atoms with Crippen molar-refractivity contribution in [2.24, 2.45) is 0 Å². The van der Waals surface area contributed by atoms with E-state index in [4.69, 9.17) is 0 Å². The Bertz CT molecular complexity index is 573. The molecule has 94 valence electrons. The zero-order valence-electron chi connectivity index (χ0n) is 9.18. The molecule has 1 nitrogen and oxygen atoms in total. The van der Waals surface area contributed by atoms with Crippen molar-refractivity contribution in [3.05, 3.63) is 62.5 Å². The van der Waals surface area contributed by atoms with Crippen LogP contribution in [0.1, 0.15) is 5.56 Å². The van der Waals surface area contributed by atoms with Crippen LogP contribution >= 0.6 is 31.9 Å². The molecule has 0 unspecified atom stereocenters. The Hall–Kier alpha value is -0.940. The second-order valence-corrected chi connectivity index (χ2v) is 5.43. The molecule has 2 aromatic carbocycles. The highest BCUT2D eigenvalue weighted by molar-refractivity contribution is 9.10. The molecule has 0 radical (unpaired) electrons. The fourth-order valence-corrected chi connectivity index (χ4v) is 2.40. The minimum atomic E-state index is -0.294. The van der Waals surface area contributed by atoms with E-state index in [9.17, 15) is 8.78 Å². The molecule has 0 heterocycles. The predicted molar refractivity (Wildman–Crippen MR) is 75.5 cm³/mol. The number of nitrogens with one attached hydrogen (secondary N) is 1. The standard InChI is InChI=1S/C13H9Br2F2N/c14-10-5-8(1-3-12(10)17)7-18-13-4-2-9(16)6-11(13)15/h1-6,18H,7H2. The minimum Gasteiger partial charge on any atom is -0.380 e. The number of hydrogen-bond donors (Lipinski definition) is 1. The smallest absolute Gasteiger partial charge is 0.137 e. The first-order valence-corrected chi connectivity index (χ1v) is 6.78. The van der Waals surface area contributed by atoms with Gasteiger partial charge >= 0.3 is 0 Å². The summed E-state index contributed by atoms with van der Waals surface area (Å²) in [5.41, 5.74) is 1.72. The average Bonchev–Trinajstić information content (AvgIpc) is 2.32. The molecule has 0 spiro atoms. The van der Waals surface area contributed by atoms with Gasteiger partial charge < -0.3 is 5.32 Å². The summed E-state index contributed by atoms with van der Waals surface area (Å²) in [7, 11) is 0. The summed E-state index contributed by atoms with van der Waals surface area (Å²) >= 11 is 6.41. The number of hydrogen-bond acceptors (Lipinski definition) is 1. The molecular weight excluding hydrogens is 368 g/mol. The summed E-state index contributed by atoms with van der Waals surface area (Å²) in [5, 5.41) is 3.15.